The van der Waals surface area contributed by atoms with Gasteiger partial charge in [0.05, 0.1) is 29.6 Å². The molecule has 10 N–H and O–H groups in total. The van der Waals surface area contributed by atoms with Gasteiger partial charge in [0.25, 0.3) is 11.5 Å². The highest BCUT2D eigenvalue weighted by atomic mass is 16.4. The topological polar surface area (TPSA) is 285 Å². The SMILES string of the molecule is NC(=O)c1cc(NCc2cnc3nc(N)[nH]c(=O)c3n2)ccc1C(=O)NC(CCC(=O)NCCCC(=O)O)C(=O)O. The number of nitrogen functional groups attached to an aromatic ring is 1. The lowest BCUT2D eigenvalue weighted by molar-refractivity contribution is -0.140. The zero-order chi connectivity index (χ0) is 30.1. The molecule has 1 aromatic carbocycles. The van der Waals surface area contributed by atoms with E-state index in [-0.39, 0.29) is 67.0 Å². The maximum Gasteiger partial charge on any atom is 0.326 e. The van der Waals surface area contributed by atoms with E-state index in [1.807, 2.05) is 0 Å². The summed E-state index contributed by atoms with van der Waals surface area (Å²) in [7, 11) is 0. The van der Waals surface area contributed by atoms with Gasteiger partial charge in [-0.1, -0.05) is 0 Å². The van der Waals surface area contributed by atoms with Crippen molar-refractivity contribution in [3.05, 3.63) is 51.6 Å². The lowest BCUT2D eigenvalue weighted by Gasteiger charge is -2.16. The van der Waals surface area contributed by atoms with Gasteiger partial charge in [0, 0.05) is 25.1 Å². The Bertz CT molecular complexity index is 1560. The van der Waals surface area contributed by atoms with Crippen LogP contribution in [-0.4, -0.2) is 72.4 Å². The van der Waals surface area contributed by atoms with E-state index in [2.05, 4.69) is 35.9 Å². The smallest absolute Gasteiger partial charge is 0.326 e. The van der Waals surface area contributed by atoms with Crippen LogP contribution in [0.2, 0.25) is 0 Å². The molecule has 0 spiro atoms. The molecule has 2 aromatic heterocycles. The number of carboxylic acids is 2. The number of hydrogen-bond donors (Lipinski definition) is 8. The molecule has 0 bridgehead atoms. The van der Waals surface area contributed by atoms with E-state index in [0.717, 1.165) is 0 Å². The molecule has 216 valence electrons. The zero-order valence-electron chi connectivity index (χ0n) is 21.5. The van der Waals surface area contributed by atoms with Crippen molar-refractivity contribution in [1.29, 1.82) is 0 Å². The van der Waals surface area contributed by atoms with E-state index in [1.165, 1.54) is 24.4 Å². The third-order valence-corrected chi connectivity index (χ3v) is 5.64. The molecular formula is C24H27N9O8. The number of primary amides is 1. The number of nitrogens with one attached hydrogen (secondary N) is 4. The average Bonchev–Trinajstić information content (AvgIpc) is 2.91. The minimum absolute atomic E-state index is 0.0213. The van der Waals surface area contributed by atoms with Gasteiger partial charge in [0.1, 0.15) is 6.04 Å². The van der Waals surface area contributed by atoms with Crippen LogP contribution < -0.4 is 33.0 Å². The third-order valence-electron chi connectivity index (χ3n) is 5.64. The van der Waals surface area contributed by atoms with Crippen molar-refractivity contribution < 1.29 is 34.2 Å². The highest BCUT2D eigenvalue weighted by molar-refractivity contribution is 6.08. The maximum atomic E-state index is 12.9. The molecular weight excluding hydrogens is 542 g/mol. The van der Waals surface area contributed by atoms with Gasteiger partial charge >= 0.3 is 11.9 Å². The average molecular weight is 570 g/mol. The lowest BCUT2D eigenvalue weighted by Crippen LogP contribution is -2.42. The molecule has 3 rings (SSSR count). The Balaban J connectivity index is 1.65. The van der Waals surface area contributed by atoms with E-state index in [0.29, 0.717) is 11.4 Å². The number of carbonyl (C=O) groups is 5. The predicted molar refractivity (Wildman–Crippen MR) is 143 cm³/mol. The highest BCUT2D eigenvalue weighted by Gasteiger charge is 2.24. The Morgan fingerprint density at radius 3 is 2.49 bits per heavy atom. The summed E-state index contributed by atoms with van der Waals surface area (Å²) < 4.78 is 0. The number of aromatic nitrogens is 4. The van der Waals surface area contributed by atoms with Crippen LogP contribution in [-0.2, 0) is 20.9 Å². The fourth-order valence-electron chi connectivity index (χ4n) is 3.63. The molecule has 0 aliphatic heterocycles. The first-order valence-electron chi connectivity index (χ1n) is 12.2. The van der Waals surface area contributed by atoms with Crippen LogP contribution in [0, 0.1) is 0 Å². The first kappa shape index (κ1) is 29.9. The van der Waals surface area contributed by atoms with Gasteiger partial charge in [0.15, 0.2) is 11.2 Å². The second kappa shape index (κ2) is 13.5. The summed E-state index contributed by atoms with van der Waals surface area (Å²) in [4.78, 5) is 85.6. The number of benzene rings is 1. The van der Waals surface area contributed by atoms with Crippen LogP contribution in [0.25, 0.3) is 11.2 Å². The first-order valence-corrected chi connectivity index (χ1v) is 12.2. The van der Waals surface area contributed by atoms with Crippen LogP contribution in [0.4, 0.5) is 11.6 Å². The minimum Gasteiger partial charge on any atom is -0.481 e. The number of anilines is 2. The molecule has 0 radical (unpaired) electrons. The van der Waals surface area contributed by atoms with Gasteiger partial charge in [0.2, 0.25) is 17.8 Å². The summed E-state index contributed by atoms with van der Waals surface area (Å²) in [6, 6.07) is 2.56. The second-order valence-electron chi connectivity index (χ2n) is 8.71. The Morgan fingerprint density at radius 1 is 1.05 bits per heavy atom. The van der Waals surface area contributed by atoms with Crippen LogP contribution in [0.1, 0.15) is 52.1 Å². The van der Waals surface area contributed by atoms with Gasteiger partial charge in [-0.05, 0) is 31.0 Å². The number of nitrogens with zero attached hydrogens (tertiary/aromatic N) is 3. The van der Waals surface area contributed by atoms with Gasteiger partial charge in [-0.25, -0.2) is 14.8 Å². The Kier molecular flexibility index (Phi) is 9.82. The third kappa shape index (κ3) is 8.44. The fourth-order valence-corrected chi connectivity index (χ4v) is 3.63. The summed E-state index contributed by atoms with van der Waals surface area (Å²) in [6.45, 7) is 0.172. The maximum absolute atomic E-state index is 12.9. The number of amides is 3. The van der Waals surface area contributed by atoms with E-state index in [4.69, 9.17) is 16.6 Å². The molecule has 2 heterocycles. The molecule has 0 saturated heterocycles. The summed E-state index contributed by atoms with van der Waals surface area (Å²) in [5, 5.41) is 25.8. The summed E-state index contributed by atoms with van der Waals surface area (Å²) in [5.74, 6) is -4.86. The number of carbonyl (C=O) groups excluding carboxylic acids is 3. The van der Waals surface area contributed by atoms with E-state index >= 15 is 0 Å². The van der Waals surface area contributed by atoms with E-state index in [1.54, 1.807) is 0 Å². The molecule has 3 aromatic rings. The van der Waals surface area contributed by atoms with Crippen molar-refractivity contribution in [2.75, 3.05) is 17.6 Å². The van der Waals surface area contributed by atoms with Crippen LogP contribution in [0.5, 0.6) is 0 Å². The van der Waals surface area contributed by atoms with Crippen molar-refractivity contribution in [1.82, 2.24) is 30.6 Å². The van der Waals surface area contributed by atoms with Gasteiger partial charge in [-0.3, -0.25) is 29.0 Å². The van der Waals surface area contributed by atoms with Crippen molar-refractivity contribution in [3.8, 4) is 0 Å². The van der Waals surface area contributed by atoms with Crippen molar-refractivity contribution in [2.24, 2.45) is 5.73 Å². The van der Waals surface area contributed by atoms with Crippen molar-refractivity contribution in [2.45, 2.75) is 38.3 Å². The molecule has 1 atom stereocenters. The number of carboxylic acid groups (broad SMARTS) is 2. The molecule has 17 heteroatoms. The summed E-state index contributed by atoms with van der Waals surface area (Å²) in [6.07, 6.45) is 0.957. The van der Waals surface area contributed by atoms with Gasteiger partial charge in [-0.2, -0.15) is 4.98 Å². The number of rotatable bonds is 14. The number of fused-ring (bicyclic) bond motifs is 1. The highest BCUT2D eigenvalue weighted by Crippen LogP contribution is 2.17. The van der Waals surface area contributed by atoms with Crippen molar-refractivity contribution >= 4 is 52.5 Å². The molecule has 0 aliphatic carbocycles. The summed E-state index contributed by atoms with van der Waals surface area (Å²) >= 11 is 0. The van der Waals surface area contributed by atoms with Crippen LogP contribution >= 0.6 is 0 Å². The zero-order valence-corrected chi connectivity index (χ0v) is 21.5. The normalized spacial score (nSPS) is 11.4. The number of nitrogens with two attached hydrogens (primary N) is 2. The molecule has 0 fully saturated rings. The van der Waals surface area contributed by atoms with Crippen molar-refractivity contribution in [3.63, 3.8) is 0 Å². The molecule has 3 amide bonds. The Morgan fingerprint density at radius 2 is 1.80 bits per heavy atom. The standard InChI is InChI=1S/C24H27N9O8/c25-19(37)14-8-11(28-9-12-10-29-20-18(30-12)22(39)33-24(26)32-20)3-4-13(14)21(38)31-15(23(40)41)5-6-16(34)27-7-1-2-17(35)36/h3-4,8,10,15,28H,1-2,5-7,9H2,(H2,25,37)(H,27,34)(H,31,38)(H,35,36)(H,40,41)(H3,26,29,32,33,39). The number of H-pyrrole nitrogens is 1. The van der Waals surface area contributed by atoms with Crippen LogP contribution in [0.15, 0.2) is 29.2 Å². The number of aromatic amines is 1. The largest absolute Gasteiger partial charge is 0.481 e. The Labute approximate surface area is 230 Å². The van der Waals surface area contributed by atoms with Gasteiger partial charge < -0.3 is 37.6 Å². The number of hydrogen-bond acceptors (Lipinski definition) is 11. The second-order valence-corrected chi connectivity index (χ2v) is 8.71. The fraction of sp³-hybridized carbons (Fsp3) is 0.292. The summed E-state index contributed by atoms with van der Waals surface area (Å²) in [5.41, 5.74) is 10.8. The quantitative estimate of drug-likeness (QED) is 0.108. The lowest BCUT2D eigenvalue weighted by atomic mass is 10.0. The monoisotopic (exact) mass is 569 g/mol. The molecule has 0 saturated carbocycles. The Hall–Kier alpha value is -5.61. The van der Waals surface area contributed by atoms with Crippen LogP contribution in [0.3, 0.4) is 0 Å². The van der Waals surface area contributed by atoms with E-state index < -0.39 is 41.3 Å². The first-order chi connectivity index (χ1) is 19.4. The molecule has 0 aliphatic rings. The minimum atomic E-state index is -1.45. The predicted octanol–water partition coefficient (Wildman–Crippen LogP) is -1.05. The number of aliphatic carboxylic acids is 2. The van der Waals surface area contributed by atoms with Gasteiger partial charge in [-0.15, -0.1) is 0 Å². The molecule has 17 nitrogen and oxygen atoms in total. The van der Waals surface area contributed by atoms with E-state index in [9.17, 15) is 33.9 Å². The molecule has 41 heavy (non-hydrogen) atoms. The molecule has 1 unspecified atom stereocenters.